The lowest BCUT2D eigenvalue weighted by Crippen LogP contribution is -2.30. The van der Waals surface area contributed by atoms with Crippen molar-refractivity contribution in [1.29, 1.82) is 0 Å². The summed E-state index contributed by atoms with van der Waals surface area (Å²) < 4.78 is 2.27. The first kappa shape index (κ1) is 19.5. The molecule has 1 fully saturated rings. The second kappa shape index (κ2) is 8.32. The standard InChI is InChI=1S/C25H23N5S/c1-18-7-4-9-20(15-18)30-24(23(28-25(30)31)21-10-2-3-13-27-21)22-11-6-14-29(22)17-19-8-5-12-26-16-19/h2-16,23-24H,17H2,1H3,(H,28,31). The highest BCUT2D eigenvalue weighted by Crippen LogP contribution is 2.41. The van der Waals surface area contributed by atoms with Gasteiger partial charge in [-0.25, -0.2) is 0 Å². The second-order valence-corrected chi connectivity index (χ2v) is 8.14. The van der Waals surface area contributed by atoms with E-state index in [1.165, 1.54) is 11.3 Å². The van der Waals surface area contributed by atoms with Crippen LogP contribution < -0.4 is 10.2 Å². The van der Waals surface area contributed by atoms with Crippen LogP contribution in [0, 0.1) is 6.92 Å². The van der Waals surface area contributed by atoms with Crippen LogP contribution in [-0.2, 0) is 6.54 Å². The van der Waals surface area contributed by atoms with Gasteiger partial charge < -0.3 is 14.8 Å². The Bertz CT molecular complexity index is 1190. The summed E-state index contributed by atoms with van der Waals surface area (Å²) in [6.45, 7) is 2.85. The predicted octanol–water partition coefficient (Wildman–Crippen LogP) is 4.81. The first-order valence-corrected chi connectivity index (χ1v) is 10.7. The molecule has 0 bridgehead atoms. The molecule has 2 atom stereocenters. The molecule has 0 saturated carbocycles. The highest BCUT2D eigenvalue weighted by Gasteiger charge is 2.42. The summed E-state index contributed by atoms with van der Waals surface area (Å²) in [5.74, 6) is 0. The maximum absolute atomic E-state index is 5.83. The fourth-order valence-corrected chi connectivity index (χ4v) is 4.59. The molecule has 2 unspecified atom stereocenters. The average molecular weight is 426 g/mol. The van der Waals surface area contributed by atoms with E-state index in [9.17, 15) is 0 Å². The number of hydrogen-bond donors (Lipinski definition) is 1. The Morgan fingerprint density at radius 1 is 1.00 bits per heavy atom. The Kier molecular flexibility index (Phi) is 5.22. The summed E-state index contributed by atoms with van der Waals surface area (Å²) in [5, 5.41) is 4.25. The zero-order valence-electron chi connectivity index (χ0n) is 17.2. The Labute approximate surface area is 187 Å². The third-order valence-electron chi connectivity index (χ3n) is 5.62. The van der Waals surface area contributed by atoms with E-state index in [-0.39, 0.29) is 12.1 Å². The van der Waals surface area contributed by atoms with Gasteiger partial charge in [-0.1, -0.05) is 24.3 Å². The Morgan fingerprint density at radius 3 is 2.71 bits per heavy atom. The molecule has 5 rings (SSSR count). The lowest BCUT2D eigenvalue weighted by atomic mass is 10.0. The molecule has 5 nitrogen and oxygen atoms in total. The Morgan fingerprint density at radius 2 is 1.94 bits per heavy atom. The molecule has 31 heavy (non-hydrogen) atoms. The van der Waals surface area contributed by atoms with E-state index in [1.54, 1.807) is 6.20 Å². The largest absolute Gasteiger partial charge is 0.351 e. The number of hydrogen-bond acceptors (Lipinski definition) is 3. The quantitative estimate of drug-likeness (QED) is 0.465. The average Bonchev–Trinajstić information content (AvgIpc) is 3.38. The smallest absolute Gasteiger partial charge is 0.174 e. The van der Waals surface area contributed by atoms with E-state index in [0.717, 1.165) is 23.5 Å². The molecule has 154 valence electrons. The minimum absolute atomic E-state index is 0.0316. The monoisotopic (exact) mass is 425 g/mol. The van der Waals surface area contributed by atoms with Gasteiger partial charge in [-0.2, -0.15) is 0 Å². The van der Waals surface area contributed by atoms with E-state index in [2.05, 4.69) is 86.4 Å². The third-order valence-corrected chi connectivity index (χ3v) is 5.94. The summed E-state index contributed by atoms with van der Waals surface area (Å²) in [5.41, 5.74) is 5.58. The van der Waals surface area contributed by atoms with Crippen LogP contribution in [0.25, 0.3) is 0 Å². The highest BCUT2D eigenvalue weighted by molar-refractivity contribution is 7.80. The molecular weight excluding hydrogens is 402 g/mol. The van der Waals surface area contributed by atoms with E-state index >= 15 is 0 Å². The number of benzene rings is 1. The van der Waals surface area contributed by atoms with Gasteiger partial charge in [0.05, 0.1) is 11.7 Å². The van der Waals surface area contributed by atoms with Gasteiger partial charge in [-0.15, -0.1) is 0 Å². The van der Waals surface area contributed by atoms with E-state index in [4.69, 9.17) is 12.2 Å². The van der Waals surface area contributed by atoms with Crippen molar-refractivity contribution in [2.75, 3.05) is 4.90 Å². The van der Waals surface area contributed by atoms with Gasteiger partial charge >= 0.3 is 0 Å². The number of rotatable bonds is 5. The van der Waals surface area contributed by atoms with Crippen LogP contribution in [0.2, 0.25) is 0 Å². The van der Waals surface area contributed by atoms with Crippen LogP contribution in [0.4, 0.5) is 5.69 Å². The van der Waals surface area contributed by atoms with Gasteiger partial charge in [-0.05, 0) is 72.7 Å². The number of aromatic nitrogens is 3. The lowest BCUT2D eigenvalue weighted by molar-refractivity contribution is 0.533. The number of pyridine rings is 2. The Balaban J connectivity index is 1.61. The molecule has 0 amide bonds. The van der Waals surface area contributed by atoms with E-state index in [0.29, 0.717) is 5.11 Å². The molecule has 4 aromatic rings. The predicted molar refractivity (Wildman–Crippen MR) is 127 cm³/mol. The first-order chi connectivity index (χ1) is 15.2. The lowest BCUT2D eigenvalue weighted by Gasteiger charge is -2.29. The third kappa shape index (κ3) is 3.82. The zero-order chi connectivity index (χ0) is 21.2. The summed E-state index contributed by atoms with van der Waals surface area (Å²) in [4.78, 5) is 11.1. The zero-order valence-corrected chi connectivity index (χ0v) is 18.0. The highest BCUT2D eigenvalue weighted by atomic mass is 32.1. The van der Waals surface area contributed by atoms with Crippen molar-refractivity contribution in [2.45, 2.75) is 25.6 Å². The first-order valence-electron chi connectivity index (χ1n) is 10.3. The molecule has 6 heteroatoms. The number of nitrogens with zero attached hydrogens (tertiary/aromatic N) is 4. The number of thiocarbonyl (C=S) groups is 1. The fraction of sp³-hybridized carbons (Fsp3) is 0.160. The van der Waals surface area contributed by atoms with Crippen LogP contribution in [0.15, 0.2) is 91.5 Å². The maximum Gasteiger partial charge on any atom is 0.174 e. The molecule has 0 aliphatic carbocycles. The van der Waals surface area contributed by atoms with Crippen molar-refractivity contribution in [1.82, 2.24) is 19.9 Å². The van der Waals surface area contributed by atoms with Crippen molar-refractivity contribution in [3.63, 3.8) is 0 Å². The summed E-state index contributed by atoms with van der Waals surface area (Å²) in [6.07, 6.45) is 7.67. The van der Waals surface area contributed by atoms with Crippen LogP contribution in [0.5, 0.6) is 0 Å². The molecule has 0 spiro atoms. The van der Waals surface area contributed by atoms with Gasteiger partial charge in [0.25, 0.3) is 0 Å². The van der Waals surface area contributed by atoms with Gasteiger partial charge in [0.15, 0.2) is 5.11 Å². The molecule has 0 radical (unpaired) electrons. The summed E-state index contributed by atoms with van der Waals surface area (Å²) >= 11 is 5.83. The van der Waals surface area contributed by atoms with Crippen molar-refractivity contribution in [2.24, 2.45) is 0 Å². The van der Waals surface area contributed by atoms with Crippen LogP contribution in [0.3, 0.4) is 0 Å². The van der Waals surface area contributed by atoms with Crippen LogP contribution >= 0.6 is 12.2 Å². The van der Waals surface area contributed by atoms with Gasteiger partial charge in [0, 0.05) is 42.7 Å². The number of nitrogens with one attached hydrogen (secondary N) is 1. The maximum atomic E-state index is 5.83. The topological polar surface area (TPSA) is 46.0 Å². The number of aryl methyl sites for hydroxylation is 1. The van der Waals surface area contributed by atoms with Crippen LogP contribution in [-0.4, -0.2) is 19.6 Å². The van der Waals surface area contributed by atoms with Crippen LogP contribution in [0.1, 0.15) is 34.6 Å². The summed E-state index contributed by atoms with van der Waals surface area (Å²) in [6, 6.07) is 22.7. The molecular formula is C25H23N5S. The molecule has 1 aliphatic rings. The van der Waals surface area contributed by atoms with Crippen molar-refractivity contribution in [3.8, 4) is 0 Å². The Hall–Kier alpha value is -3.51. The molecule has 1 aromatic carbocycles. The fourth-order valence-electron chi connectivity index (χ4n) is 4.24. The van der Waals surface area contributed by atoms with Gasteiger partial charge in [0.1, 0.15) is 6.04 Å². The molecule has 3 aromatic heterocycles. The van der Waals surface area contributed by atoms with Gasteiger partial charge in [0.2, 0.25) is 0 Å². The second-order valence-electron chi connectivity index (χ2n) is 7.76. The van der Waals surface area contributed by atoms with Gasteiger partial charge in [-0.3, -0.25) is 9.97 Å². The van der Waals surface area contributed by atoms with Crippen molar-refractivity contribution in [3.05, 3.63) is 114 Å². The molecule has 1 N–H and O–H groups in total. The normalized spacial score (nSPS) is 18.2. The van der Waals surface area contributed by atoms with E-state index in [1.807, 2.05) is 30.6 Å². The van der Waals surface area contributed by atoms with E-state index < -0.39 is 0 Å². The summed E-state index contributed by atoms with van der Waals surface area (Å²) in [7, 11) is 0. The van der Waals surface area contributed by atoms with Crippen molar-refractivity contribution >= 4 is 23.0 Å². The minimum atomic E-state index is -0.0586. The molecule has 1 aliphatic heterocycles. The SMILES string of the molecule is Cc1cccc(N2C(=S)NC(c3ccccn3)C2c2cccn2Cc2cccnc2)c1. The molecule has 1 saturated heterocycles. The van der Waals surface area contributed by atoms with Crippen molar-refractivity contribution < 1.29 is 0 Å². The number of anilines is 1. The minimum Gasteiger partial charge on any atom is -0.351 e. The molecule has 4 heterocycles.